The largest absolute Gasteiger partial charge is 0.493 e. The summed E-state index contributed by atoms with van der Waals surface area (Å²) in [6.45, 7) is 0. The standard InChI is InChI=1S/C14H20INO4/c1-18-12-7-9(10(15)8-13(12)19-2)5-4-6-11(16)14(17)20-3/h7-8,11H,4-6,16H2,1-3H3. The van der Waals surface area contributed by atoms with E-state index < -0.39 is 6.04 Å². The van der Waals surface area contributed by atoms with Gasteiger partial charge in [0, 0.05) is 3.57 Å². The van der Waals surface area contributed by atoms with Crippen LogP contribution in [0.2, 0.25) is 0 Å². The predicted molar refractivity (Wildman–Crippen MR) is 85.2 cm³/mol. The van der Waals surface area contributed by atoms with Crippen molar-refractivity contribution < 1.29 is 19.0 Å². The summed E-state index contributed by atoms with van der Waals surface area (Å²) < 4.78 is 16.2. The monoisotopic (exact) mass is 393 g/mol. The third kappa shape index (κ3) is 4.52. The molecule has 5 nitrogen and oxygen atoms in total. The van der Waals surface area contributed by atoms with Crippen LogP contribution in [-0.2, 0) is 16.0 Å². The molecule has 0 radical (unpaired) electrons. The number of carbonyl (C=O) groups is 1. The molecule has 0 spiro atoms. The lowest BCUT2D eigenvalue weighted by Crippen LogP contribution is -2.31. The van der Waals surface area contributed by atoms with E-state index in [0.717, 1.165) is 22.0 Å². The number of hydrogen-bond acceptors (Lipinski definition) is 5. The molecular formula is C14H20INO4. The number of carbonyl (C=O) groups excluding carboxylic acids is 1. The van der Waals surface area contributed by atoms with E-state index in [1.807, 2.05) is 12.1 Å². The Kier molecular flexibility index (Phi) is 7.08. The Hall–Kier alpha value is -1.02. The van der Waals surface area contributed by atoms with Crippen molar-refractivity contribution in [3.8, 4) is 11.5 Å². The Labute approximate surface area is 132 Å². The van der Waals surface area contributed by atoms with E-state index in [0.29, 0.717) is 17.9 Å². The highest BCUT2D eigenvalue weighted by atomic mass is 127. The zero-order valence-corrected chi connectivity index (χ0v) is 14.1. The van der Waals surface area contributed by atoms with Crippen molar-refractivity contribution in [2.45, 2.75) is 25.3 Å². The van der Waals surface area contributed by atoms with Gasteiger partial charge in [-0.3, -0.25) is 4.79 Å². The number of halogens is 1. The highest BCUT2D eigenvalue weighted by Gasteiger charge is 2.14. The predicted octanol–water partition coefficient (Wildman–Crippen LogP) is 2.13. The molecular weight excluding hydrogens is 373 g/mol. The van der Waals surface area contributed by atoms with E-state index in [1.54, 1.807) is 14.2 Å². The van der Waals surface area contributed by atoms with Crippen LogP contribution in [0.3, 0.4) is 0 Å². The highest BCUT2D eigenvalue weighted by molar-refractivity contribution is 14.1. The first kappa shape index (κ1) is 17.0. The number of rotatable bonds is 7. The minimum absolute atomic E-state index is 0.369. The summed E-state index contributed by atoms with van der Waals surface area (Å²) in [4.78, 5) is 11.2. The second-order valence-corrected chi connectivity index (χ2v) is 5.48. The summed E-state index contributed by atoms with van der Waals surface area (Å²) in [5, 5.41) is 0. The van der Waals surface area contributed by atoms with Crippen molar-refractivity contribution in [3.05, 3.63) is 21.3 Å². The molecule has 6 heteroatoms. The van der Waals surface area contributed by atoms with Gasteiger partial charge in [0.25, 0.3) is 0 Å². The van der Waals surface area contributed by atoms with Crippen molar-refractivity contribution in [1.82, 2.24) is 0 Å². The van der Waals surface area contributed by atoms with E-state index in [4.69, 9.17) is 15.2 Å². The summed E-state index contributed by atoms with van der Waals surface area (Å²) >= 11 is 2.26. The summed E-state index contributed by atoms with van der Waals surface area (Å²) in [6, 6.07) is 3.34. The fourth-order valence-electron chi connectivity index (χ4n) is 1.87. The van der Waals surface area contributed by atoms with Crippen LogP contribution in [0.1, 0.15) is 18.4 Å². The second kappa shape index (κ2) is 8.31. The molecule has 0 fully saturated rings. The van der Waals surface area contributed by atoms with E-state index in [1.165, 1.54) is 7.11 Å². The molecule has 20 heavy (non-hydrogen) atoms. The number of aryl methyl sites for hydroxylation is 1. The van der Waals surface area contributed by atoms with Crippen LogP contribution in [0.15, 0.2) is 12.1 Å². The van der Waals surface area contributed by atoms with Gasteiger partial charge in [0.1, 0.15) is 6.04 Å². The molecule has 1 unspecified atom stereocenters. The highest BCUT2D eigenvalue weighted by Crippen LogP contribution is 2.32. The van der Waals surface area contributed by atoms with Gasteiger partial charge in [0.15, 0.2) is 11.5 Å². The Bertz CT molecular complexity index is 465. The molecule has 0 aliphatic carbocycles. The van der Waals surface area contributed by atoms with E-state index in [2.05, 4.69) is 27.3 Å². The Morgan fingerprint density at radius 2 is 1.85 bits per heavy atom. The lowest BCUT2D eigenvalue weighted by atomic mass is 10.0. The maximum Gasteiger partial charge on any atom is 0.322 e. The number of nitrogens with two attached hydrogens (primary N) is 1. The maximum absolute atomic E-state index is 11.2. The molecule has 0 saturated carbocycles. The van der Waals surface area contributed by atoms with Gasteiger partial charge >= 0.3 is 5.97 Å². The topological polar surface area (TPSA) is 70.8 Å². The number of methoxy groups -OCH3 is 3. The lowest BCUT2D eigenvalue weighted by molar-refractivity contribution is -0.142. The zero-order chi connectivity index (χ0) is 15.1. The first-order valence-electron chi connectivity index (χ1n) is 6.27. The van der Waals surface area contributed by atoms with Crippen LogP contribution in [0.25, 0.3) is 0 Å². The van der Waals surface area contributed by atoms with Crippen LogP contribution < -0.4 is 15.2 Å². The quantitative estimate of drug-likeness (QED) is 0.568. The minimum Gasteiger partial charge on any atom is -0.493 e. The Morgan fingerprint density at radius 1 is 1.25 bits per heavy atom. The lowest BCUT2D eigenvalue weighted by Gasteiger charge is -2.13. The van der Waals surface area contributed by atoms with Crippen molar-refractivity contribution in [1.29, 1.82) is 0 Å². The van der Waals surface area contributed by atoms with Gasteiger partial charge in [-0.2, -0.15) is 0 Å². The van der Waals surface area contributed by atoms with E-state index >= 15 is 0 Å². The molecule has 1 atom stereocenters. The van der Waals surface area contributed by atoms with Gasteiger partial charge in [-0.1, -0.05) is 0 Å². The van der Waals surface area contributed by atoms with Gasteiger partial charge < -0.3 is 19.9 Å². The van der Waals surface area contributed by atoms with Crippen molar-refractivity contribution in [2.24, 2.45) is 5.73 Å². The number of hydrogen-bond donors (Lipinski definition) is 1. The van der Waals surface area contributed by atoms with E-state index in [-0.39, 0.29) is 5.97 Å². The molecule has 0 bridgehead atoms. The SMILES string of the molecule is COC(=O)C(N)CCCc1cc(OC)c(OC)cc1I. The third-order valence-electron chi connectivity index (χ3n) is 3.02. The number of esters is 1. The average molecular weight is 393 g/mol. The molecule has 2 N–H and O–H groups in total. The average Bonchev–Trinajstić information content (AvgIpc) is 2.47. The van der Waals surface area contributed by atoms with Gasteiger partial charge in [0.05, 0.1) is 21.3 Å². The van der Waals surface area contributed by atoms with Crippen molar-refractivity contribution in [3.63, 3.8) is 0 Å². The van der Waals surface area contributed by atoms with Crippen LogP contribution in [-0.4, -0.2) is 33.3 Å². The van der Waals surface area contributed by atoms with Crippen molar-refractivity contribution >= 4 is 28.6 Å². The van der Waals surface area contributed by atoms with Crippen molar-refractivity contribution in [2.75, 3.05) is 21.3 Å². The number of ether oxygens (including phenoxy) is 3. The van der Waals surface area contributed by atoms with Gasteiger partial charge in [-0.05, 0) is 59.5 Å². The molecule has 112 valence electrons. The molecule has 0 aromatic heterocycles. The fourth-order valence-corrected chi connectivity index (χ4v) is 2.58. The molecule has 0 saturated heterocycles. The summed E-state index contributed by atoms with van der Waals surface area (Å²) in [5.41, 5.74) is 6.86. The van der Waals surface area contributed by atoms with Crippen LogP contribution in [0.5, 0.6) is 11.5 Å². The molecule has 1 aromatic carbocycles. The summed E-state index contributed by atoms with van der Waals surface area (Å²) in [5.74, 6) is 1.05. The molecule has 1 aromatic rings. The van der Waals surface area contributed by atoms with Gasteiger partial charge in [-0.25, -0.2) is 0 Å². The Morgan fingerprint density at radius 3 is 2.40 bits per heavy atom. The Balaban J connectivity index is 2.66. The fraction of sp³-hybridized carbons (Fsp3) is 0.500. The summed E-state index contributed by atoms with van der Waals surface area (Å²) in [6.07, 6.45) is 2.22. The smallest absolute Gasteiger partial charge is 0.322 e. The molecule has 0 amide bonds. The molecule has 0 heterocycles. The van der Waals surface area contributed by atoms with E-state index in [9.17, 15) is 4.79 Å². The first-order valence-corrected chi connectivity index (χ1v) is 7.35. The second-order valence-electron chi connectivity index (χ2n) is 4.32. The van der Waals surface area contributed by atoms with Gasteiger partial charge in [0.2, 0.25) is 0 Å². The van der Waals surface area contributed by atoms with Crippen LogP contribution >= 0.6 is 22.6 Å². The minimum atomic E-state index is -0.558. The third-order valence-corrected chi connectivity index (χ3v) is 4.02. The first-order chi connectivity index (χ1) is 9.53. The van der Waals surface area contributed by atoms with Crippen LogP contribution in [0, 0.1) is 3.57 Å². The zero-order valence-electron chi connectivity index (χ0n) is 11.9. The number of benzene rings is 1. The molecule has 0 aliphatic heterocycles. The summed E-state index contributed by atoms with van der Waals surface area (Å²) in [7, 11) is 4.57. The van der Waals surface area contributed by atoms with Gasteiger partial charge in [-0.15, -0.1) is 0 Å². The van der Waals surface area contributed by atoms with Crippen LogP contribution in [0.4, 0.5) is 0 Å². The molecule has 1 rings (SSSR count). The molecule has 0 aliphatic rings. The maximum atomic E-state index is 11.2. The normalized spacial score (nSPS) is 11.8.